The van der Waals surface area contributed by atoms with Gasteiger partial charge in [0, 0.05) is 12.4 Å². The maximum atomic E-state index is 12.4. The number of benzene rings is 1. The molecule has 21 heavy (non-hydrogen) atoms. The van der Waals surface area contributed by atoms with Crippen LogP contribution in [0.5, 0.6) is 0 Å². The molecule has 1 N–H and O–H groups in total. The number of carbonyl (C=O) groups excluding carboxylic acids is 1. The first kappa shape index (κ1) is 17.8. The molecule has 1 atom stereocenters. The van der Waals surface area contributed by atoms with Crippen LogP contribution in [0.3, 0.4) is 0 Å². The van der Waals surface area contributed by atoms with Crippen LogP contribution in [-0.2, 0) is 17.4 Å². The lowest BCUT2D eigenvalue weighted by molar-refractivity contribution is -0.137. The van der Waals surface area contributed by atoms with Crippen LogP contribution in [0.1, 0.15) is 30.9 Å². The van der Waals surface area contributed by atoms with Crippen LogP contribution in [0.15, 0.2) is 24.3 Å². The zero-order valence-corrected chi connectivity index (χ0v) is 12.6. The van der Waals surface area contributed by atoms with Crippen molar-refractivity contribution in [3.8, 4) is 0 Å². The van der Waals surface area contributed by atoms with Gasteiger partial charge in [-0.15, -0.1) is 11.6 Å². The molecule has 1 amide bonds. The molecule has 1 rings (SSSR count). The quantitative estimate of drug-likeness (QED) is 0.596. The van der Waals surface area contributed by atoms with E-state index in [0.717, 1.165) is 25.0 Å². The van der Waals surface area contributed by atoms with E-state index in [1.807, 2.05) is 6.92 Å². The summed E-state index contributed by atoms with van der Waals surface area (Å²) in [5.41, 5.74) is -0.142. The standard InChI is InChI=1S/C15H19ClF3NO/c1-11(10-16)3-2-8-20-14(21)9-12-4-6-13(7-5-12)15(17,18)19/h4-7,11H,2-3,8-10H2,1H3,(H,20,21). The van der Waals surface area contributed by atoms with Crippen LogP contribution < -0.4 is 5.32 Å². The Bertz CT molecular complexity index is 445. The zero-order chi connectivity index (χ0) is 15.9. The molecule has 0 aromatic heterocycles. The first-order valence-corrected chi connectivity index (χ1v) is 7.35. The third-order valence-corrected chi connectivity index (χ3v) is 3.63. The zero-order valence-electron chi connectivity index (χ0n) is 11.8. The van der Waals surface area contributed by atoms with Crippen molar-refractivity contribution in [1.29, 1.82) is 0 Å². The Morgan fingerprint density at radius 2 is 1.90 bits per heavy atom. The highest BCUT2D eigenvalue weighted by Gasteiger charge is 2.29. The second kappa shape index (κ2) is 8.27. The summed E-state index contributed by atoms with van der Waals surface area (Å²) in [6, 6.07) is 4.64. The van der Waals surface area contributed by atoms with E-state index in [1.165, 1.54) is 12.1 Å². The Hall–Kier alpha value is -1.23. The summed E-state index contributed by atoms with van der Waals surface area (Å²) in [6.45, 7) is 2.59. The molecule has 2 nitrogen and oxygen atoms in total. The van der Waals surface area contributed by atoms with Crippen molar-refractivity contribution in [2.45, 2.75) is 32.4 Å². The van der Waals surface area contributed by atoms with Crippen LogP contribution in [0.4, 0.5) is 13.2 Å². The largest absolute Gasteiger partial charge is 0.416 e. The Labute approximate surface area is 127 Å². The molecular weight excluding hydrogens is 303 g/mol. The number of halogens is 4. The highest BCUT2D eigenvalue weighted by atomic mass is 35.5. The molecular formula is C15H19ClF3NO. The molecule has 118 valence electrons. The molecule has 0 aliphatic heterocycles. The monoisotopic (exact) mass is 321 g/mol. The molecule has 0 radical (unpaired) electrons. The predicted octanol–water partition coefficient (Wildman–Crippen LogP) is 4.02. The van der Waals surface area contributed by atoms with Gasteiger partial charge in [0.2, 0.25) is 5.91 Å². The summed E-state index contributed by atoms with van der Waals surface area (Å²) in [5.74, 6) is 0.825. The average Bonchev–Trinajstić information content (AvgIpc) is 2.43. The Morgan fingerprint density at radius 1 is 1.29 bits per heavy atom. The van der Waals surface area contributed by atoms with Gasteiger partial charge in [-0.1, -0.05) is 19.1 Å². The fourth-order valence-electron chi connectivity index (χ4n) is 1.81. The predicted molar refractivity (Wildman–Crippen MR) is 77.3 cm³/mol. The van der Waals surface area contributed by atoms with E-state index in [9.17, 15) is 18.0 Å². The third kappa shape index (κ3) is 6.85. The molecule has 1 aromatic rings. The molecule has 1 aromatic carbocycles. The Kier molecular flexibility index (Phi) is 7.02. The van der Waals surface area contributed by atoms with E-state index in [0.29, 0.717) is 23.9 Å². The van der Waals surface area contributed by atoms with E-state index in [2.05, 4.69) is 5.32 Å². The average molecular weight is 322 g/mol. The summed E-state index contributed by atoms with van der Waals surface area (Å²) in [5, 5.41) is 2.75. The Balaban J connectivity index is 2.35. The van der Waals surface area contributed by atoms with Gasteiger partial charge in [0.15, 0.2) is 0 Å². The molecule has 0 spiro atoms. The van der Waals surface area contributed by atoms with Gasteiger partial charge in [-0.2, -0.15) is 13.2 Å². The SMILES string of the molecule is CC(CCl)CCCNC(=O)Cc1ccc(C(F)(F)F)cc1. The van der Waals surface area contributed by atoms with Crippen LogP contribution in [0, 0.1) is 5.92 Å². The normalized spacial score (nSPS) is 13.0. The van der Waals surface area contributed by atoms with Crippen LogP contribution in [0.25, 0.3) is 0 Å². The maximum absolute atomic E-state index is 12.4. The highest BCUT2D eigenvalue weighted by Crippen LogP contribution is 2.29. The lowest BCUT2D eigenvalue weighted by atomic mass is 10.1. The van der Waals surface area contributed by atoms with Crippen molar-refractivity contribution in [3.63, 3.8) is 0 Å². The van der Waals surface area contributed by atoms with Gasteiger partial charge in [0.1, 0.15) is 0 Å². The van der Waals surface area contributed by atoms with Crippen molar-refractivity contribution in [2.24, 2.45) is 5.92 Å². The lowest BCUT2D eigenvalue weighted by Crippen LogP contribution is -2.26. The number of nitrogens with one attached hydrogen (secondary N) is 1. The molecule has 0 bridgehead atoms. The van der Waals surface area contributed by atoms with Crippen molar-refractivity contribution in [2.75, 3.05) is 12.4 Å². The van der Waals surface area contributed by atoms with Crippen molar-refractivity contribution in [1.82, 2.24) is 5.32 Å². The number of amides is 1. The highest BCUT2D eigenvalue weighted by molar-refractivity contribution is 6.18. The molecule has 0 aliphatic carbocycles. The van der Waals surface area contributed by atoms with Crippen molar-refractivity contribution < 1.29 is 18.0 Å². The van der Waals surface area contributed by atoms with Crippen molar-refractivity contribution >= 4 is 17.5 Å². The summed E-state index contributed by atoms with van der Waals surface area (Å²) < 4.78 is 37.2. The molecule has 0 aliphatic rings. The number of hydrogen-bond acceptors (Lipinski definition) is 1. The van der Waals surface area contributed by atoms with E-state index >= 15 is 0 Å². The van der Waals surface area contributed by atoms with Gasteiger partial charge >= 0.3 is 6.18 Å². The number of hydrogen-bond donors (Lipinski definition) is 1. The van der Waals surface area contributed by atoms with E-state index in [-0.39, 0.29) is 12.3 Å². The van der Waals surface area contributed by atoms with E-state index in [4.69, 9.17) is 11.6 Å². The number of alkyl halides is 4. The summed E-state index contributed by atoms with van der Waals surface area (Å²) in [6.07, 6.45) is -2.49. The van der Waals surface area contributed by atoms with Gasteiger partial charge < -0.3 is 5.32 Å². The summed E-state index contributed by atoms with van der Waals surface area (Å²) in [7, 11) is 0. The van der Waals surface area contributed by atoms with Gasteiger partial charge in [-0.3, -0.25) is 4.79 Å². The second-order valence-electron chi connectivity index (χ2n) is 5.12. The van der Waals surface area contributed by atoms with E-state index in [1.54, 1.807) is 0 Å². The third-order valence-electron chi connectivity index (χ3n) is 3.11. The van der Waals surface area contributed by atoms with Crippen molar-refractivity contribution in [3.05, 3.63) is 35.4 Å². The summed E-state index contributed by atoms with van der Waals surface area (Å²) in [4.78, 5) is 11.6. The first-order chi connectivity index (χ1) is 9.82. The lowest BCUT2D eigenvalue weighted by Gasteiger charge is -2.09. The van der Waals surface area contributed by atoms with Crippen LogP contribution in [0.2, 0.25) is 0 Å². The second-order valence-corrected chi connectivity index (χ2v) is 5.43. The molecule has 6 heteroatoms. The minimum absolute atomic E-state index is 0.0865. The molecule has 1 unspecified atom stereocenters. The van der Waals surface area contributed by atoms with Gasteiger partial charge in [0.25, 0.3) is 0 Å². The fourth-order valence-corrected chi connectivity index (χ4v) is 1.97. The minimum Gasteiger partial charge on any atom is -0.356 e. The van der Waals surface area contributed by atoms with E-state index < -0.39 is 11.7 Å². The molecule has 0 saturated carbocycles. The molecule has 0 heterocycles. The minimum atomic E-state index is -4.35. The van der Waals surface area contributed by atoms with Gasteiger partial charge in [-0.25, -0.2) is 0 Å². The summed E-state index contributed by atoms with van der Waals surface area (Å²) >= 11 is 5.68. The van der Waals surface area contributed by atoms with Gasteiger partial charge in [0.05, 0.1) is 12.0 Å². The number of carbonyl (C=O) groups is 1. The van der Waals surface area contributed by atoms with Crippen LogP contribution in [-0.4, -0.2) is 18.3 Å². The maximum Gasteiger partial charge on any atom is 0.416 e. The topological polar surface area (TPSA) is 29.1 Å². The molecule has 0 saturated heterocycles. The molecule has 0 fully saturated rings. The van der Waals surface area contributed by atoms with Crippen LogP contribution >= 0.6 is 11.6 Å². The Morgan fingerprint density at radius 3 is 2.43 bits per heavy atom. The fraction of sp³-hybridized carbons (Fsp3) is 0.533. The number of rotatable bonds is 7. The smallest absolute Gasteiger partial charge is 0.356 e. The van der Waals surface area contributed by atoms with Gasteiger partial charge in [-0.05, 0) is 36.5 Å². The first-order valence-electron chi connectivity index (χ1n) is 6.81.